The summed E-state index contributed by atoms with van der Waals surface area (Å²) in [4.78, 5) is 31.6. The largest absolute Gasteiger partial charge is 0.490 e. The van der Waals surface area contributed by atoms with Gasteiger partial charge in [0.2, 0.25) is 0 Å². The lowest BCUT2D eigenvalue weighted by atomic mass is 9.60. The average molecular weight is 565 g/mol. The molecule has 2 aliphatic rings. The Bertz CT molecular complexity index is 1010. The van der Waals surface area contributed by atoms with E-state index in [0.717, 1.165) is 19.1 Å². The van der Waals surface area contributed by atoms with Gasteiger partial charge in [-0.2, -0.15) is 26.3 Å². The number of alkyl halides is 6. The van der Waals surface area contributed by atoms with E-state index in [1.54, 1.807) is 0 Å². The number of carboxylic acids is 2. The summed E-state index contributed by atoms with van der Waals surface area (Å²) in [6, 6.07) is 11.1. The lowest BCUT2D eigenvalue weighted by molar-refractivity contribution is -0.193. The first-order chi connectivity index (χ1) is 18.1. The summed E-state index contributed by atoms with van der Waals surface area (Å²) in [5.74, 6) is -5.51. The zero-order chi connectivity index (χ0) is 29.3. The molecule has 2 fully saturated rings. The van der Waals surface area contributed by atoms with Crippen molar-refractivity contribution in [1.29, 1.82) is 0 Å². The number of carbonyl (C=O) groups is 2. The molecule has 0 bridgehead atoms. The molecule has 1 aliphatic heterocycles. The summed E-state index contributed by atoms with van der Waals surface area (Å²) < 4.78 is 63.5. The van der Waals surface area contributed by atoms with Crippen LogP contribution in [0.15, 0.2) is 48.9 Å². The summed E-state index contributed by atoms with van der Waals surface area (Å²) in [5.41, 5.74) is 3.12. The monoisotopic (exact) mass is 564 g/mol. The third-order valence-corrected chi connectivity index (χ3v) is 6.63. The third-order valence-electron chi connectivity index (χ3n) is 6.63. The Balaban J connectivity index is 0.000000317. The summed E-state index contributed by atoms with van der Waals surface area (Å²) in [6.45, 7) is 4.47. The normalized spacial score (nSPS) is 17.3. The van der Waals surface area contributed by atoms with Crippen LogP contribution in [-0.4, -0.2) is 80.5 Å². The van der Waals surface area contributed by atoms with Crippen molar-refractivity contribution in [3.05, 3.63) is 60.2 Å². The number of carboxylic acid groups (broad SMARTS) is 2. The van der Waals surface area contributed by atoms with Crippen molar-refractivity contribution >= 4 is 11.9 Å². The number of aromatic nitrogens is 2. The van der Waals surface area contributed by atoms with Crippen molar-refractivity contribution in [3.63, 3.8) is 0 Å². The molecule has 216 valence electrons. The molecule has 0 unspecified atom stereocenters. The van der Waals surface area contributed by atoms with E-state index < -0.39 is 24.3 Å². The van der Waals surface area contributed by atoms with Gasteiger partial charge in [0.1, 0.15) is 0 Å². The molecule has 1 aliphatic carbocycles. The highest BCUT2D eigenvalue weighted by Gasteiger charge is 2.47. The fraction of sp³-hybridized carbons (Fsp3) is 0.520. The molecule has 2 N–H and O–H groups in total. The Morgan fingerprint density at radius 3 is 1.97 bits per heavy atom. The predicted molar refractivity (Wildman–Crippen MR) is 127 cm³/mol. The van der Waals surface area contributed by atoms with Crippen LogP contribution in [0, 0.1) is 5.41 Å². The van der Waals surface area contributed by atoms with E-state index in [9.17, 15) is 26.3 Å². The SMILES string of the molecule is CN(Cc1ccccn1)C1CC2(CCN(Cc3cccnc3)CC2)C1.O=C(O)C(F)(F)F.O=C(O)C(F)(F)F. The van der Waals surface area contributed by atoms with Crippen LogP contribution in [0.25, 0.3) is 0 Å². The second-order valence-electron chi connectivity index (χ2n) is 9.54. The molecule has 8 nitrogen and oxygen atoms in total. The molecular weight excluding hydrogens is 534 g/mol. The van der Waals surface area contributed by atoms with Gasteiger partial charge in [0.25, 0.3) is 0 Å². The number of aliphatic carboxylic acids is 2. The molecule has 4 rings (SSSR count). The Labute approximate surface area is 221 Å². The molecule has 1 saturated carbocycles. The lowest BCUT2D eigenvalue weighted by Gasteiger charge is -2.54. The molecule has 1 spiro atoms. The second kappa shape index (κ2) is 13.7. The molecular formula is C25H30F6N4O4. The quantitative estimate of drug-likeness (QED) is 0.507. The summed E-state index contributed by atoms with van der Waals surface area (Å²) >= 11 is 0. The van der Waals surface area contributed by atoms with Gasteiger partial charge in [0, 0.05) is 37.7 Å². The summed E-state index contributed by atoms with van der Waals surface area (Å²) in [6.07, 6.45) is 0.987. The fourth-order valence-corrected chi connectivity index (χ4v) is 4.47. The van der Waals surface area contributed by atoms with E-state index >= 15 is 0 Å². The highest BCUT2D eigenvalue weighted by molar-refractivity contribution is 5.73. The van der Waals surface area contributed by atoms with Crippen LogP contribution in [-0.2, 0) is 22.7 Å². The molecule has 3 heterocycles. The van der Waals surface area contributed by atoms with E-state index in [2.05, 4.69) is 45.0 Å². The van der Waals surface area contributed by atoms with Crippen molar-refractivity contribution in [2.45, 2.75) is 57.2 Å². The number of rotatable bonds is 5. The van der Waals surface area contributed by atoms with Crippen LogP contribution in [0.1, 0.15) is 36.9 Å². The molecule has 1 saturated heterocycles. The minimum absolute atomic E-state index is 0.606. The Kier molecular flexibility index (Phi) is 11.2. The van der Waals surface area contributed by atoms with Crippen LogP contribution >= 0.6 is 0 Å². The number of hydrogen-bond donors (Lipinski definition) is 2. The average Bonchev–Trinajstić information content (AvgIpc) is 2.84. The van der Waals surface area contributed by atoms with Crippen molar-refractivity contribution in [2.24, 2.45) is 5.41 Å². The first kappa shape index (κ1) is 32.0. The second-order valence-corrected chi connectivity index (χ2v) is 9.54. The number of halogens is 6. The van der Waals surface area contributed by atoms with E-state index in [1.165, 1.54) is 50.0 Å². The molecule has 0 radical (unpaired) electrons. The Morgan fingerprint density at radius 1 is 0.974 bits per heavy atom. The number of piperidine rings is 1. The summed E-state index contributed by atoms with van der Waals surface area (Å²) in [5, 5.41) is 14.2. The van der Waals surface area contributed by atoms with Crippen molar-refractivity contribution in [2.75, 3.05) is 20.1 Å². The summed E-state index contributed by atoms with van der Waals surface area (Å²) in [7, 11) is 2.25. The van der Waals surface area contributed by atoms with Crippen molar-refractivity contribution in [1.82, 2.24) is 19.8 Å². The van der Waals surface area contributed by atoms with Crippen LogP contribution in [0.3, 0.4) is 0 Å². The van der Waals surface area contributed by atoms with Crippen LogP contribution in [0.5, 0.6) is 0 Å². The molecule has 0 amide bonds. The molecule has 0 aromatic carbocycles. The van der Waals surface area contributed by atoms with E-state index in [4.69, 9.17) is 19.8 Å². The number of nitrogens with zero attached hydrogens (tertiary/aromatic N) is 4. The molecule has 14 heteroatoms. The van der Waals surface area contributed by atoms with Gasteiger partial charge in [0.05, 0.1) is 5.69 Å². The van der Waals surface area contributed by atoms with Crippen molar-refractivity contribution < 1.29 is 46.1 Å². The standard InChI is InChI=1S/C21H28N4.2C2HF3O2/c1-24(17-19-6-2-3-10-23-19)20-13-21(14-20)7-11-25(12-8-21)16-18-5-4-9-22-15-18;2*3-2(4,5)1(6)7/h2-6,9-10,15,20H,7-8,11-14,16-17H2,1H3;2*(H,6,7). The molecule has 2 aromatic heterocycles. The van der Waals surface area contributed by atoms with Gasteiger partial charge in [-0.1, -0.05) is 12.1 Å². The minimum Gasteiger partial charge on any atom is -0.475 e. The lowest BCUT2D eigenvalue weighted by Crippen LogP contribution is -2.53. The zero-order valence-corrected chi connectivity index (χ0v) is 21.1. The van der Waals surface area contributed by atoms with E-state index in [1.807, 2.05) is 30.7 Å². The molecule has 0 atom stereocenters. The highest BCUT2D eigenvalue weighted by Crippen LogP contribution is 2.51. The van der Waals surface area contributed by atoms with Gasteiger partial charge in [-0.15, -0.1) is 0 Å². The zero-order valence-electron chi connectivity index (χ0n) is 21.1. The maximum atomic E-state index is 10.6. The maximum Gasteiger partial charge on any atom is 0.490 e. The van der Waals surface area contributed by atoms with Crippen molar-refractivity contribution in [3.8, 4) is 0 Å². The smallest absolute Gasteiger partial charge is 0.475 e. The molecule has 2 aromatic rings. The van der Waals surface area contributed by atoms with Gasteiger partial charge in [-0.3, -0.25) is 19.8 Å². The van der Waals surface area contributed by atoms with E-state index in [0.29, 0.717) is 5.41 Å². The topological polar surface area (TPSA) is 107 Å². The number of likely N-dealkylation sites (tertiary alicyclic amines) is 1. The number of hydrogen-bond acceptors (Lipinski definition) is 6. The van der Waals surface area contributed by atoms with Crippen LogP contribution < -0.4 is 0 Å². The van der Waals surface area contributed by atoms with Crippen LogP contribution in [0.2, 0.25) is 0 Å². The van der Waals surface area contributed by atoms with Gasteiger partial charge in [-0.05, 0) is 75.0 Å². The van der Waals surface area contributed by atoms with E-state index in [-0.39, 0.29) is 0 Å². The van der Waals surface area contributed by atoms with Crippen LogP contribution in [0.4, 0.5) is 26.3 Å². The first-order valence-electron chi connectivity index (χ1n) is 11.9. The predicted octanol–water partition coefficient (Wildman–Crippen LogP) is 4.62. The fourth-order valence-electron chi connectivity index (χ4n) is 4.47. The van der Waals surface area contributed by atoms with Gasteiger partial charge >= 0.3 is 24.3 Å². The molecule has 39 heavy (non-hydrogen) atoms. The van der Waals surface area contributed by atoms with Gasteiger partial charge < -0.3 is 10.2 Å². The first-order valence-corrected chi connectivity index (χ1v) is 11.9. The Hall–Kier alpha value is -3.26. The minimum atomic E-state index is -5.08. The number of pyridine rings is 2. The Morgan fingerprint density at radius 2 is 1.54 bits per heavy atom. The maximum absolute atomic E-state index is 10.6. The third kappa shape index (κ3) is 10.8. The van der Waals surface area contributed by atoms with Gasteiger partial charge in [-0.25, -0.2) is 9.59 Å². The highest BCUT2D eigenvalue weighted by atomic mass is 19.4. The van der Waals surface area contributed by atoms with Gasteiger partial charge in [0.15, 0.2) is 0 Å².